The minimum Gasteiger partial charge on any atom is -0.395 e. The molecule has 0 aliphatic heterocycles. The van der Waals surface area contributed by atoms with Gasteiger partial charge in [0.15, 0.2) is 0 Å². The molecule has 1 rings (SSSR count). The summed E-state index contributed by atoms with van der Waals surface area (Å²) in [5.41, 5.74) is 4.55. The minimum absolute atomic E-state index is 0.0929. The molecule has 0 radical (unpaired) electrons. The summed E-state index contributed by atoms with van der Waals surface area (Å²) < 4.78 is 37.1. The number of rotatable bonds is 2. The third-order valence-corrected chi connectivity index (χ3v) is 1.99. The molecule has 0 aliphatic carbocycles. The van der Waals surface area contributed by atoms with Crippen LogP contribution in [0.15, 0.2) is 6.07 Å². The number of hydrogen-bond donors (Lipinski definition) is 1. The van der Waals surface area contributed by atoms with Crippen molar-refractivity contribution in [2.45, 2.75) is 11.8 Å². The Morgan fingerprint density at radius 2 is 2.15 bits per heavy atom. The molecule has 1 aromatic heterocycles. The van der Waals surface area contributed by atoms with E-state index in [2.05, 4.69) is 20.9 Å². The van der Waals surface area contributed by atoms with Crippen molar-refractivity contribution in [1.29, 1.82) is 0 Å². The highest BCUT2D eigenvalue weighted by atomic mass is 79.9. The average molecular weight is 255 g/mol. The van der Waals surface area contributed by atoms with Gasteiger partial charge in [-0.2, -0.15) is 0 Å². The van der Waals surface area contributed by atoms with Crippen LogP contribution in [-0.2, 0) is 5.33 Å². The maximum Gasteiger partial charge on any atom is 0.280 e. The molecule has 0 saturated carbocycles. The third kappa shape index (κ3) is 2.12. The Morgan fingerprint density at radius 3 is 2.62 bits per heavy atom. The zero-order valence-electron chi connectivity index (χ0n) is 6.40. The smallest absolute Gasteiger partial charge is 0.280 e. The van der Waals surface area contributed by atoms with Crippen LogP contribution in [0.4, 0.5) is 18.9 Å². The van der Waals surface area contributed by atoms with Crippen molar-refractivity contribution >= 4 is 21.6 Å². The van der Waals surface area contributed by atoms with E-state index in [0.29, 0.717) is 6.07 Å². The summed E-state index contributed by atoms with van der Waals surface area (Å²) >= 11 is 2.97. The summed E-state index contributed by atoms with van der Waals surface area (Å²) in [6.45, 7) is 0. The molecule has 0 amide bonds. The Morgan fingerprint density at radius 1 is 1.54 bits per heavy atom. The number of halogens is 4. The first kappa shape index (κ1) is 10.3. The largest absolute Gasteiger partial charge is 0.395 e. The van der Waals surface area contributed by atoms with Crippen LogP contribution in [0.3, 0.4) is 0 Å². The van der Waals surface area contributed by atoms with Crippen LogP contribution < -0.4 is 5.73 Å². The van der Waals surface area contributed by atoms with Gasteiger partial charge in [-0.1, -0.05) is 15.9 Å². The molecule has 2 N–H and O–H groups in total. The van der Waals surface area contributed by atoms with Crippen LogP contribution in [0.1, 0.15) is 17.8 Å². The van der Waals surface area contributed by atoms with Crippen LogP contribution >= 0.6 is 15.9 Å². The lowest BCUT2D eigenvalue weighted by Gasteiger charge is -2.05. The van der Waals surface area contributed by atoms with Gasteiger partial charge in [0.2, 0.25) is 0 Å². The predicted molar refractivity (Wildman–Crippen MR) is 46.2 cm³/mol. The van der Waals surface area contributed by atoms with Gasteiger partial charge in [-0.15, -0.1) is 0 Å². The number of alkyl halides is 3. The van der Waals surface area contributed by atoms with Crippen molar-refractivity contribution in [3.63, 3.8) is 0 Å². The highest BCUT2D eigenvalue weighted by Crippen LogP contribution is 2.23. The van der Waals surface area contributed by atoms with Crippen LogP contribution in [0.2, 0.25) is 0 Å². The highest BCUT2D eigenvalue weighted by Gasteiger charge is 2.14. The van der Waals surface area contributed by atoms with Gasteiger partial charge in [-0.3, -0.25) is 0 Å². The first-order valence-corrected chi connectivity index (χ1v) is 4.47. The second-order valence-electron chi connectivity index (χ2n) is 2.32. The molecule has 0 unspecified atom stereocenters. The number of anilines is 1. The molecule has 0 spiro atoms. The van der Waals surface area contributed by atoms with E-state index in [4.69, 9.17) is 5.73 Å². The summed E-state index contributed by atoms with van der Waals surface area (Å²) in [6, 6.07) is 0.645. The van der Waals surface area contributed by atoms with Crippen LogP contribution in [0.5, 0.6) is 0 Å². The first-order valence-electron chi connectivity index (χ1n) is 3.35. The summed E-state index contributed by atoms with van der Waals surface area (Å²) in [5, 5.41) is 0.149. The minimum atomic E-state index is -2.78. The summed E-state index contributed by atoms with van der Waals surface area (Å²) in [4.78, 5) is 3.49. The fourth-order valence-electron chi connectivity index (χ4n) is 0.807. The summed E-state index contributed by atoms with van der Waals surface area (Å²) in [5.74, 6) is -0.861. The lowest BCUT2D eigenvalue weighted by molar-refractivity contribution is 0.145. The molecule has 0 fully saturated rings. The second-order valence-corrected chi connectivity index (χ2v) is 2.88. The van der Waals surface area contributed by atoms with Gasteiger partial charge in [0.1, 0.15) is 11.5 Å². The van der Waals surface area contributed by atoms with E-state index in [1.165, 1.54) is 0 Å². The van der Waals surface area contributed by atoms with Gasteiger partial charge < -0.3 is 5.73 Å². The Balaban J connectivity index is 3.22. The van der Waals surface area contributed by atoms with Gasteiger partial charge in [-0.25, -0.2) is 18.2 Å². The van der Waals surface area contributed by atoms with Crippen molar-refractivity contribution in [3.05, 3.63) is 23.3 Å². The normalized spacial score (nSPS) is 10.8. The first-order chi connectivity index (χ1) is 6.06. The van der Waals surface area contributed by atoms with E-state index in [1.54, 1.807) is 0 Å². The molecule has 13 heavy (non-hydrogen) atoms. The maximum atomic E-state index is 12.9. The summed E-state index contributed by atoms with van der Waals surface area (Å²) in [7, 11) is 0. The van der Waals surface area contributed by atoms with E-state index >= 15 is 0 Å². The van der Waals surface area contributed by atoms with Crippen molar-refractivity contribution in [2.75, 3.05) is 5.73 Å². The van der Waals surface area contributed by atoms with E-state index in [-0.39, 0.29) is 16.7 Å². The van der Waals surface area contributed by atoms with E-state index < -0.39 is 17.9 Å². The van der Waals surface area contributed by atoms with E-state index in [0.717, 1.165) is 0 Å². The SMILES string of the molecule is Nc1c(F)cc(C(F)F)nc1CBr. The van der Waals surface area contributed by atoms with Crippen molar-refractivity contribution in [3.8, 4) is 0 Å². The molecule has 6 heteroatoms. The molecule has 1 aromatic rings. The molecule has 0 bridgehead atoms. The van der Waals surface area contributed by atoms with Gasteiger partial charge in [-0.05, 0) is 0 Å². The fraction of sp³-hybridized carbons (Fsp3) is 0.286. The molecule has 0 aliphatic rings. The maximum absolute atomic E-state index is 12.9. The lowest BCUT2D eigenvalue weighted by atomic mass is 10.2. The molecular weight excluding hydrogens is 249 g/mol. The highest BCUT2D eigenvalue weighted by molar-refractivity contribution is 9.08. The number of aromatic nitrogens is 1. The van der Waals surface area contributed by atoms with E-state index in [1.807, 2.05) is 0 Å². The third-order valence-electron chi connectivity index (χ3n) is 1.46. The van der Waals surface area contributed by atoms with Crippen molar-refractivity contribution in [1.82, 2.24) is 4.98 Å². The van der Waals surface area contributed by atoms with Gasteiger partial charge >= 0.3 is 0 Å². The second kappa shape index (κ2) is 3.95. The predicted octanol–water partition coefficient (Wildman–Crippen LogP) is 2.64. The van der Waals surface area contributed by atoms with Gasteiger partial charge in [0, 0.05) is 11.4 Å². The molecule has 1 heterocycles. The number of pyridine rings is 1. The average Bonchev–Trinajstić information content (AvgIpc) is 2.09. The summed E-state index contributed by atoms with van der Waals surface area (Å²) in [6.07, 6.45) is -2.78. The number of nitrogen functional groups attached to an aromatic ring is 1. The number of hydrogen-bond acceptors (Lipinski definition) is 2. The zero-order valence-corrected chi connectivity index (χ0v) is 7.98. The fourth-order valence-corrected chi connectivity index (χ4v) is 1.23. The van der Waals surface area contributed by atoms with Crippen molar-refractivity contribution in [2.24, 2.45) is 0 Å². The van der Waals surface area contributed by atoms with Crippen LogP contribution in [0.25, 0.3) is 0 Å². The monoisotopic (exact) mass is 254 g/mol. The zero-order chi connectivity index (χ0) is 10.0. The van der Waals surface area contributed by atoms with Crippen LogP contribution in [-0.4, -0.2) is 4.98 Å². The topological polar surface area (TPSA) is 38.9 Å². The molecule has 0 saturated heterocycles. The van der Waals surface area contributed by atoms with E-state index in [9.17, 15) is 13.2 Å². The number of nitrogens with zero attached hydrogens (tertiary/aromatic N) is 1. The number of nitrogens with two attached hydrogens (primary N) is 1. The molecular formula is C7H6BrF3N2. The Kier molecular flexibility index (Phi) is 3.13. The van der Waals surface area contributed by atoms with Crippen molar-refractivity contribution < 1.29 is 13.2 Å². The molecule has 72 valence electrons. The van der Waals surface area contributed by atoms with Crippen LogP contribution in [0, 0.1) is 5.82 Å². The Labute approximate surface area is 81.1 Å². The van der Waals surface area contributed by atoms with Gasteiger partial charge in [0.05, 0.1) is 11.4 Å². The van der Waals surface area contributed by atoms with Gasteiger partial charge in [0.25, 0.3) is 6.43 Å². The lowest BCUT2D eigenvalue weighted by Crippen LogP contribution is -2.03. The molecule has 0 aromatic carbocycles. The quantitative estimate of drug-likeness (QED) is 0.825. The molecule has 0 atom stereocenters. The Hall–Kier alpha value is -0.780. The standard InChI is InChI=1S/C7H6BrF3N2/c8-2-5-6(12)3(9)1-4(13-5)7(10)11/h1,7H,2,12H2. The Bertz CT molecular complexity index is 317. The molecule has 2 nitrogen and oxygen atoms in total.